The molecule has 1 aliphatic heterocycles. The Morgan fingerprint density at radius 2 is 1.96 bits per heavy atom. The molecule has 0 amide bonds. The predicted octanol–water partition coefficient (Wildman–Crippen LogP) is 3.59. The minimum Gasteiger partial charge on any atom is -0.460 e. The molecule has 1 atom stereocenters. The molecule has 1 N–H and O–H groups in total. The van der Waals surface area contributed by atoms with Crippen molar-refractivity contribution in [2.45, 2.75) is 26.4 Å². The van der Waals surface area contributed by atoms with Gasteiger partial charge in [-0.3, -0.25) is 9.88 Å². The summed E-state index contributed by atoms with van der Waals surface area (Å²) in [6, 6.07) is 11.1. The molecule has 1 aromatic carbocycles. The highest BCUT2D eigenvalue weighted by Crippen LogP contribution is 2.27. The lowest BCUT2D eigenvalue weighted by Crippen LogP contribution is -2.45. The van der Waals surface area contributed by atoms with Crippen molar-refractivity contribution in [1.29, 1.82) is 0 Å². The molecule has 0 aliphatic carbocycles. The van der Waals surface area contributed by atoms with E-state index in [0.29, 0.717) is 6.04 Å². The molecule has 4 nitrogen and oxygen atoms in total. The van der Waals surface area contributed by atoms with Gasteiger partial charge in [-0.25, -0.2) is 0 Å². The molecular weight excluding hydrogens is 298 g/mol. The highest BCUT2D eigenvalue weighted by molar-refractivity contribution is 5.79. The molecule has 0 saturated carbocycles. The molecule has 4 rings (SSSR count). The van der Waals surface area contributed by atoms with Crippen molar-refractivity contribution in [3.05, 3.63) is 65.2 Å². The van der Waals surface area contributed by atoms with Crippen molar-refractivity contribution in [2.24, 2.45) is 0 Å². The molecule has 1 aliphatic rings. The zero-order valence-electron chi connectivity index (χ0n) is 14.2. The van der Waals surface area contributed by atoms with Gasteiger partial charge in [0.05, 0.1) is 6.54 Å². The van der Waals surface area contributed by atoms with Gasteiger partial charge < -0.3 is 9.73 Å². The van der Waals surface area contributed by atoms with Crippen LogP contribution in [0.2, 0.25) is 0 Å². The Kier molecular flexibility index (Phi) is 4.08. The summed E-state index contributed by atoms with van der Waals surface area (Å²) in [6.45, 7) is 8.11. The van der Waals surface area contributed by atoms with Crippen LogP contribution in [0.4, 0.5) is 0 Å². The van der Waals surface area contributed by atoms with Crippen molar-refractivity contribution in [3.8, 4) is 0 Å². The van der Waals surface area contributed by atoms with Crippen LogP contribution in [0.25, 0.3) is 11.0 Å². The van der Waals surface area contributed by atoms with Crippen LogP contribution < -0.4 is 5.32 Å². The lowest BCUT2D eigenvalue weighted by Gasteiger charge is -2.35. The van der Waals surface area contributed by atoms with E-state index in [1.165, 1.54) is 22.1 Å². The average Bonchev–Trinajstić information content (AvgIpc) is 2.97. The van der Waals surface area contributed by atoms with E-state index in [1.54, 1.807) is 0 Å². The van der Waals surface area contributed by atoms with Gasteiger partial charge in [0.25, 0.3) is 0 Å². The minimum absolute atomic E-state index is 0.360. The third-order valence-corrected chi connectivity index (χ3v) is 4.99. The summed E-state index contributed by atoms with van der Waals surface area (Å²) < 4.78 is 6.12. The average molecular weight is 321 g/mol. The molecule has 1 fully saturated rings. The van der Waals surface area contributed by atoms with Gasteiger partial charge in [0.1, 0.15) is 11.3 Å². The van der Waals surface area contributed by atoms with Crippen LogP contribution in [0.5, 0.6) is 0 Å². The number of benzene rings is 1. The Morgan fingerprint density at radius 3 is 2.79 bits per heavy atom. The van der Waals surface area contributed by atoms with Crippen molar-refractivity contribution in [1.82, 2.24) is 15.2 Å². The second kappa shape index (κ2) is 6.38. The van der Waals surface area contributed by atoms with E-state index in [0.717, 1.165) is 37.5 Å². The van der Waals surface area contributed by atoms with Gasteiger partial charge in [-0.2, -0.15) is 0 Å². The molecule has 3 aromatic rings. The van der Waals surface area contributed by atoms with Crippen LogP contribution in [-0.4, -0.2) is 29.5 Å². The fourth-order valence-corrected chi connectivity index (χ4v) is 3.49. The van der Waals surface area contributed by atoms with Crippen molar-refractivity contribution in [2.75, 3.05) is 19.6 Å². The number of pyridine rings is 1. The van der Waals surface area contributed by atoms with E-state index >= 15 is 0 Å². The molecule has 0 bridgehead atoms. The van der Waals surface area contributed by atoms with Gasteiger partial charge in [-0.15, -0.1) is 0 Å². The number of nitrogens with one attached hydrogen (secondary N) is 1. The largest absolute Gasteiger partial charge is 0.460 e. The predicted molar refractivity (Wildman–Crippen MR) is 95.9 cm³/mol. The summed E-state index contributed by atoms with van der Waals surface area (Å²) in [4.78, 5) is 6.63. The summed E-state index contributed by atoms with van der Waals surface area (Å²) in [5.74, 6) is 1.04. The Morgan fingerprint density at radius 1 is 1.17 bits per heavy atom. The first-order valence-corrected chi connectivity index (χ1v) is 8.55. The molecule has 124 valence electrons. The lowest BCUT2D eigenvalue weighted by molar-refractivity contribution is 0.144. The number of nitrogens with zero attached hydrogens (tertiary/aromatic N) is 2. The van der Waals surface area contributed by atoms with Gasteiger partial charge in [-0.05, 0) is 60.9 Å². The minimum atomic E-state index is 0.360. The number of fused-ring (bicyclic) bond motifs is 1. The van der Waals surface area contributed by atoms with Crippen LogP contribution in [0.3, 0.4) is 0 Å². The van der Waals surface area contributed by atoms with Gasteiger partial charge >= 0.3 is 0 Å². The third-order valence-electron chi connectivity index (χ3n) is 4.99. The summed E-state index contributed by atoms with van der Waals surface area (Å²) in [6.07, 6.45) is 3.74. The Labute approximate surface area is 142 Å². The molecule has 1 unspecified atom stereocenters. The molecular formula is C20H23N3O. The molecule has 1 saturated heterocycles. The SMILES string of the molecule is Cc1cc2cc(CN3CCNCC3c3ccncc3)oc2cc1C. The molecule has 24 heavy (non-hydrogen) atoms. The standard InChI is InChI=1S/C20H23N3O/c1-14-9-17-11-18(24-20(17)10-15(14)2)13-23-8-7-22-12-19(23)16-3-5-21-6-4-16/h3-6,9-11,19,22H,7-8,12-13H2,1-2H3. The second-order valence-electron chi connectivity index (χ2n) is 6.66. The van der Waals surface area contributed by atoms with Crippen LogP contribution >= 0.6 is 0 Å². The van der Waals surface area contributed by atoms with Gasteiger partial charge in [0, 0.05) is 43.5 Å². The van der Waals surface area contributed by atoms with Crippen LogP contribution in [0.15, 0.2) is 47.1 Å². The summed E-state index contributed by atoms with van der Waals surface area (Å²) in [5, 5.41) is 4.70. The smallest absolute Gasteiger partial charge is 0.134 e. The first-order valence-electron chi connectivity index (χ1n) is 8.55. The van der Waals surface area contributed by atoms with Gasteiger partial charge in [0.2, 0.25) is 0 Å². The van der Waals surface area contributed by atoms with Crippen molar-refractivity contribution >= 4 is 11.0 Å². The second-order valence-corrected chi connectivity index (χ2v) is 6.66. The Bertz CT molecular complexity index is 802. The van der Waals surface area contributed by atoms with E-state index in [9.17, 15) is 0 Å². The Balaban J connectivity index is 1.61. The fraction of sp³-hybridized carbons (Fsp3) is 0.350. The normalized spacial score (nSPS) is 19.0. The first kappa shape index (κ1) is 15.4. The van der Waals surface area contributed by atoms with E-state index in [4.69, 9.17) is 4.42 Å². The number of hydrogen-bond donors (Lipinski definition) is 1. The Hall–Kier alpha value is -2.17. The summed E-state index contributed by atoms with van der Waals surface area (Å²) in [5.41, 5.74) is 4.88. The van der Waals surface area contributed by atoms with Gasteiger partial charge in [0.15, 0.2) is 0 Å². The van der Waals surface area contributed by atoms with Crippen molar-refractivity contribution in [3.63, 3.8) is 0 Å². The number of aromatic nitrogens is 1. The van der Waals surface area contributed by atoms with E-state index in [2.05, 4.69) is 59.4 Å². The number of furan rings is 1. The molecule has 0 spiro atoms. The summed E-state index contributed by atoms with van der Waals surface area (Å²) in [7, 11) is 0. The highest BCUT2D eigenvalue weighted by Gasteiger charge is 2.24. The van der Waals surface area contributed by atoms with Crippen LogP contribution in [0, 0.1) is 13.8 Å². The van der Waals surface area contributed by atoms with Crippen molar-refractivity contribution < 1.29 is 4.42 Å². The maximum absolute atomic E-state index is 6.12. The van der Waals surface area contributed by atoms with Crippen LogP contribution in [0.1, 0.15) is 28.5 Å². The summed E-state index contributed by atoms with van der Waals surface area (Å²) >= 11 is 0. The molecule has 2 aromatic heterocycles. The number of hydrogen-bond acceptors (Lipinski definition) is 4. The highest BCUT2D eigenvalue weighted by atomic mass is 16.3. The topological polar surface area (TPSA) is 41.3 Å². The number of piperazine rings is 1. The van der Waals surface area contributed by atoms with E-state index < -0.39 is 0 Å². The molecule has 4 heteroatoms. The van der Waals surface area contributed by atoms with E-state index in [1.807, 2.05) is 12.4 Å². The zero-order valence-corrected chi connectivity index (χ0v) is 14.2. The molecule has 3 heterocycles. The van der Waals surface area contributed by atoms with Crippen LogP contribution in [-0.2, 0) is 6.54 Å². The lowest BCUT2D eigenvalue weighted by atomic mass is 10.0. The quantitative estimate of drug-likeness (QED) is 0.800. The zero-order chi connectivity index (χ0) is 16.5. The molecule has 0 radical (unpaired) electrons. The monoisotopic (exact) mass is 321 g/mol. The third kappa shape index (κ3) is 2.95. The first-order chi connectivity index (χ1) is 11.7. The number of rotatable bonds is 3. The van der Waals surface area contributed by atoms with Gasteiger partial charge in [-0.1, -0.05) is 0 Å². The number of aryl methyl sites for hydroxylation is 2. The maximum atomic E-state index is 6.12. The maximum Gasteiger partial charge on any atom is 0.134 e. The fourth-order valence-electron chi connectivity index (χ4n) is 3.49. The van der Waals surface area contributed by atoms with E-state index in [-0.39, 0.29) is 0 Å².